The lowest BCUT2D eigenvalue weighted by molar-refractivity contribution is 0.203. The number of hydrogen-bond acceptors (Lipinski definition) is 5. The van der Waals surface area contributed by atoms with Gasteiger partial charge in [0.1, 0.15) is 11.8 Å². The zero-order chi connectivity index (χ0) is 20.0. The van der Waals surface area contributed by atoms with Crippen molar-refractivity contribution in [1.82, 2.24) is 33.8 Å². The Morgan fingerprint density at radius 3 is 2.90 bits per heavy atom. The summed E-state index contributed by atoms with van der Waals surface area (Å²) in [6, 6.07) is 7.99. The quantitative estimate of drug-likeness (QED) is 0.576. The average Bonchev–Trinajstić information content (AvgIpc) is 3.37. The van der Waals surface area contributed by atoms with E-state index in [0.717, 1.165) is 55.3 Å². The number of hydrogen-bond donors (Lipinski definition) is 1. The summed E-state index contributed by atoms with van der Waals surface area (Å²) in [6.07, 6.45) is 6.16. The highest BCUT2D eigenvalue weighted by Gasteiger charge is 2.22. The fourth-order valence-corrected chi connectivity index (χ4v) is 4.08. The maximum absolute atomic E-state index is 10.7. The number of pyridine rings is 1. The zero-order valence-corrected chi connectivity index (χ0v) is 16.7. The molecule has 0 saturated heterocycles. The van der Waals surface area contributed by atoms with E-state index in [1.807, 2.05) is 23.9 Å². The number of aliphatic hydroxyl groups excluding tert-OH is 1. The number of rotatable bonds is 4. The molecule has 0 unspecified atom stereocenters. The lowest BCUT2D eigenvalue weighted by Gasteiger charge is -2.17. The molecule has 1 aliphatic heterocycles. The first-order chi connectivity index (χ1) is 14.1. The fraction of sp³-hybridized carbons (Fsp3) is 0.381. The van der Waals surface area contributed by atoms with Crippen molar-refractivity contribution < 1.29 is 5.11 Å². The predicted molar refractivity (Wildman–Crippen MR) is 108 cm³/mol. The summed E-state index contributed by atoms with van der Waals surface area (Å²) in [6.45, 7) is 5.53. The zero-order valence-electron chi connectivity index (χ0n) is 16.7. The lowest BCUT2D eigenvalue weighted by atomic mass is 10.2. The van der Waals surface area contributed by atoms with Crippen molar-refractivity contribution in [3.05, 3.63) is 71.2 Å². The molecule has 0 spiro atoms. The number of fused-ring (bicyclic) bond motifs is 2. The summed E-state index contributed by atoms with van der Waals surface area (Å²) >= 11 is 0. The van der Waals surface area contributed by atoms with Gasteiger partial charge in [0.25, 0.3) is 0 Å². The van der Waals surface area contributed by atoms with Gasteiger partial charge < -0.3 is 9.51 Å². The van der Waals surface area contributed by atoms with Crippen molar-refractivity contribution in [2.24, 2.45) is 7.05 Å². The maximum Gasteiger partial charge on any atom is 0.139 e. The summed E-state index contributed by atoms with van der Waals surface area (Å²) in [7, 11) is 1.83. The van der Waals surface area contributed by atoms with Crippen LogP contribution in [0.15, 0.2) is 42.9 Å². The Kier molecular flexibility index (Phi) is 4.44. The Hall–Kier alpha value is -2.97. The largest absolute Gasteiger partial charge is 0.380 e. The van der Waals surface area contributed by atoms with Gasteiger partial charge in [-0.1, -0.05) is 6.07 Å². The van der Waals surface area contributed by atoms with Gasteiger partial charge >= 0.3 is 0 Å². The third kappa shape index (κ3) is 3.45. The van der Waals surface area contributed by atoms with Crippen LogP contribution in [0.2, 0.25) is 0 Å². The first kappa shape index (κ1) is 18.1. The van der Waals surface area contributed by atoms with Crippen LogP contribution in [0.25, 0.3) is 5.65 Å². The van der Waals surface area contributed by atoms with Gasteiger partial charge in [-0.3, -0.25) is 14.3 Å². The highest BCUT2D eigenvalue weighted by molar-refractivity contribution is 5.41. The van der Waals surface area contributed by atoms with Crippen molar-refractivity contribution in [1.29, 1.82) is 0 Å². The molecule has 0 aromatic carbocycles. The van der Waals surface area contributed by atoms with Crippen LogP contribution in [0.3, 0.4) is 0 Å². The van der Waals surface area contributed by atoms with Crippen LogP contribution < -0.4 is 0 Å². The minimum Gasteiger partial charge on any atom is -0.380 e. The van der Waals surface area contributed by atoms with E-state index in [1.54, 1.807) is 10.9 Å². The van der Waals surface area contributed by atoms with Gasteiger partial charge in [0, 0.05) is 51.8 Å². The van der Waals surface area contributed by atoms with E-state index in [0.29, 0.717) is 5.69 Å². The van der Waals surface area contributed by atoms with E-state index in [4.69, 9.17) is 4.98 Å². The molecule has 0 amide bonds. The van der Waals surface area contributed by atoms with Crippen LogP contribution >= 0.6 is 0 Å². The molecule has 1 atom stereocenters. The molecule has 150 valence electrons. The fourth-order valence-electron chi connectivity index (χ4n) is 4.08. The summed E-state index contributed by atoms with van der Waals surface area (Å²) in [5, 5.41) is 19.5. The Labute approximate surface area is 169 Å². The molecule has 5 rings (SSSR count). The van der Waals surface area contributed by atoms with Crippen LogP contribution in [0.1, 0.15) is 40.9 Å². The normalized spacial score (nSPS) is 16.1. The SMILES string of the molecule is Cc1ccc2nc(CN3CCCn4nc([C@H](O)c5ccnn5C)cc4C3)cn2c1. The lowest BCUT2D eigenvalue weighted by Crippen LogP contribution is -2.23. The molecule has 29 heavy (non-hydrogen) atoms. The molecule has 8 nitrogen and oxygen atoms in total. The standard InChI is InChI=1S/C21H25N7O/c1-15-4-5-20-23-16(13-27(20)11-15)12-26-8-3-9-28-17(14-26)10-18(24-28)21(29)19-6-7-22-25(19)2/h4-7,10-11,13,21,29H,3,8-9,12,14H2,1-2H3/t21-/m0/s1. The van der Waals surface area contributed by atoms with Crippen molar-refractivity contribution in [3.63, 3.8) is 0 Å². The molecule has 0 saturated carbocycles. The van der Waals surface area contributed by atoms with Gasteiger partial charge in [-0.25, -0.2) is 4.98 Å². The minimum atomic E-state index is -0.767. The van der Waals surface area contributed by atoms with Gasteiger partial charge in [-0.15, -0.1) is 0 Å². The molecule has 1 aliphatic rings. The Morgan fingerprint density at radius 2 is 2.07 bits per heavy atom. The molecule has 0 aliphatic carbocycles. The summed E-state index contributed by atoms with van der Waals surface area (Å²) < 4.78 is 5.81. The van der Waals surface area contributed by atoms with E-state index in [9.17, 15) is 5.11 Å². The molecule has 4 aromatic heterocycles. The average molecular weight is 391 g/mol. The van der Waals surface area contributed by atoms with Gasteiger partial charge in [-0.05, 0) is 37.1 Å². The predicted octanol–water partition coefficient (Wildman–Crippen LogP) is 2.06. The molecule has 4 aromatic rings. The summed E-state index contributed by atoms with van der Waals surface area (Å²) in [5.74, 6) is 0. The van der Waals surface area contributed by atoms with Crippen molar-refractivity contribution >= 4 is 5.65 Å². The molecule has 1 N–H and O–H groups in total. The number of aryl methyl sites for hydroxylation is 3. The number of aliphatic hydroxyl groups is 1. The molecular formula is C21H25N7O. The molecule has 8 heteroatoms. The van der Waals surface area contributed by atoms with Gasteiger partial charge in [0.15, 0.2) is 0 Å². The van der Waals surface area contributed by atoms with E-state index in [-0.39, 0.29) is 0 Å². The van der Waals surface area contributed by atoms with E-state index in [1.165, 1.54) is 5.56 Å². The Bertz CT molecular complexity index is 1160. The van der Waals surface area contributed by atoms with Crippen molar-refractivity contribution in [2.75, 3.05) is 6.54 Å². The highest BCUT2D eigenvalue weighted by Crippen LogP contribution is 2.23. The van der Waals surface area contributed by atoms with Crippen LogP contribution in [-0.2, 0) is 26.7 Å². The number of nitrogens with zero attached hydrogens (tertiary/aromatic N) is 7. The van der Waals surface area contributed by atoms with Crippen molar-refractivity contribution in [2.45, 2.75) is 39.1 Å². The second-order valence-corrected chi connectivity index (χ2v) is 7.83. The van der Waals surface area contributed by atoms with Crippen LogP contribution in [0, 0.1) is 6.92 Å². The Balaban J connectivity index is 1.36. The summed E-state index contributed by atoms with van der Waals surface area (Å²) in [5.41, 5.74) is 5.81. The molecule has 0 fully saturated rings. The summed E-state index contributed by atoms with van der Waals surface area (Å²) in [4.78, 5) is 7.16. The maximum atomic E-state index is 10.7. The Morgan fingerprint density at radius 1 is 1.17 bits per heavy atom. The van der Waals surface area contributed by atoms with E-state index in [2.05, 4.69) is 50.9 Å². The first-order valence-corrected chi connectivity index (χ1v) is 9.96. The third-order valence-electron chi connectivity index (χ3n) is 5.57. The van der Waals surface area contributed by atoms with Crippen molar-refractivity contribution in [3.8, 4) is 0 Å². The second-order valence-electron chi connectivity index (χ2n) is 7.83. The monoisotopic (exact) mass is 391 g/mol. The van der Waals surface area contributed by atoms with E-state index >= 15 is 0 Å². The van der Waals surface area contributed by atoms with Crippen LogP contribution in [-0.4, -0.2) is 45.5 Å². The first-order valence-electron chi connectivity index (χ1n) is 9.96. The van der Waals surface area contributed by atoms with E-state index < -0.39 is 6.10 Å². The molecular weight excluding hydrogens is 366 g/mol. The highest BCUT2D eigenvalue weighted by atomic mass is 16.3. The van der Waals surface area contributed by atoms with Gasteiger partial charge in [0.05, 0.1) is 22.8 Å². The number of aromatic nitrogens is 6. The molecule has 0 radical (unpaired) electrons. The second kappa shape index (κ2) is 7.13. The molecule has 5 heterocycles. The third-order valence-corrected chi connectivity index (χ3v) is 5.57. The topological polar surface area (TPSA) is 76.4 Å². The smallest absolute Gasteiger partial charge is 0.139 e. The molecule has 0 bridgehead atoms. The number of imidazole rings is 1. The van der Waals surface area contributed by atoms with Gasteiger partial charge in [0.2, 0.25) is 0 Å². The van der Waals surface area contributed by atoms with Gasteiger partial charge in [-0.2, -0.15) is 10.2 Å². The van der Waals surface area contributed by atoms with Crippen LogP contribution in [0.5, 0.6) is 0 Å². The van der Waals surface area contributed by atoms with Crippen LogP contribution in [0.4, 0.5) is 0 Å². The minimum absolute atomic E-state index is 0.675.